The van der Waals surface area contributed by atoms with Crippen LogP contribution in [0.1, 0.15) is 17.4 Å². The van der Waals surface area contributed by atoms with Crippen LogP contribution in [-0.4, -0.2) is 55.7 Å². The van der Waals surface area contributed by atoms with E-state index in [4.69, 9.17) is 21.5 Å². The third-order valence-corrected chi connectivity index (χ3v) is 5.55. The summed E-state index contributed by atoms with van der Waals surface area (Å²) in [5.41, 5.74) is 2.74. The molecule has 0 bridgehead atoms. The van der Waals surface area contributed by atoms with Crippen molar-refractivity contribution >= 4 is 28.7 Å². The lowest BCUT2D eigenvalue weighted by Gasteiger charge is -2.39. The summed E-state index contributed by atoms with van der Waals surface area (Å²) in [6.45, 7) is 0. The molecule has 7 nitrogen and oxygen atoms in total. The Hall–Kier alpha value is -2.42. The zero-order chi connectivity index (χ0) is 20.5. The van der Waals surface area contributed by atoms with Gasteiger partial charge in [-0.25, -0.2) is 0 Å². The molecule has 5 atom stereocenters. The summed E-state index contributed by atoms with van der Waals surface area (Å²) in [5.74, 6) is 0. The SMILES string of the molecule is O/N=C/[C@H]1O[C@@H](n2cc(Cc3ccccc3)c3c(Cl)cccc32)[C@H](O)[C@@H](O)[C@@H]1O. The molecule has 29 heavy (non-hydrogen) atoms. The molecule has 0 radical (unpaired) electrons. The van der Waals surface area contributed by atoms with E-state index in [1.165, 1.54) is 0 Å². The minimum Gasteiger partial charge on any atom is -0.411 e. The first-order valence-corrected chi connectivity index (χ1v) is 9.58. The number of ether oxygens (including phenoxy) is 1. The van der Waals surface area contributed by atoms with Crippen molar-refractivity contribution in [2.75, 3.05) is 0 Å². The van der Waals surface area contributed by atoms with Crippen molar-refractivity contribution in [2.24, 2.45) is 5.16 Å². The Morgan fingerprint density at radius 3 is 2.48 bits per heavy atom. The van der Waals surface area contributed by atoms with Gasteiger partial charge in [-0.05, 0) is 29.7 Å². The lowest BCUT2D eigenvalue weighted by atomic mass is 9.98. The molecular weight excluding hydrogens is 396 g/mol. The van der Waals surface area contributed by atoms with Crippen molar-refractivity contribution in [2.45, 2.75) is 37.1 Å². The predicted octanol–water partition coefficient (Wildman–Crippen LogP) is 2.33. The van der Waals surface area contributed by atoms with Crippen molar-refractivity contribution in [1.29, 1.82) is 0 Å². The van der Waals surface area contributed by atoms with Crippen molar-refractivity contribution in [1.82, 2.24) is 4.57 Å². The van der Waals surface area contributed by atoms with E-state index in [-0.39, 0.29) is 0 Å². The van der Waals surface area contributed by atoms with E-state index in [0.29, 0.717) is 11.4 Å². The van der Waals surface area contributed by atoms with Crippen LogP contribution in [0.2, 0.25) is 5.02 Å². The lowest BCUT2D eigenvalue weighted by Crippen LogP contribution is -2.55. The number of hydrogen-bond donors (Lipinski definition) is 4. The molecule has 1 fully saturated rings. The molecule has 1 aliphatic rings. The average molecular weight is 417 g/mol. The number of benzene rings is 2. The Labute approximate surface area is 172 Å². The maximum absolute atomic E-state index is 10.6. The Bertz CT molecular complexity index is 1020. The number of aromatic nitrogens is 1. The number of fused-ring (bicyclic) bond motifs is 1. The highest BCUT2D eigenvalue weighted by Gasteiger charge is 2.44. The van der Waals surface area contributed by atoms with Crippen molar-refractivity contribution in [3.63, 3.8) is 0 Å². The quantitative estimate of drug-likeness (QED) is 0.296. The zero-order valence-electron chi connectivity index (χ0n) is 15.3. The summed E-state index contributed by atoms with van der Waals surface area (Å²) in [6.07, 6.45) is -2.97. The van der Waals surface area contributed by atoms with Crippen LogP contribution >= 0.6 is 11.6 Å². The molecular formula is C21H21ClN2O5. The number of nitrogens with zero attached hydrogens (tertiary/aromatic N) is 2. The number of oxime groups is 1. The zero-order valence-corrected chi connectivity index (χ0v) is 16.1. The van der Waals surface area contributed by atoms with E-state index >= 15 is 0 Å². The van der Waals surface area contributed by atoms with Crippen molar-refractivity contribution in [3.8, 4) is 0 Å². The smallest absolute Gasteiger partial charge is 0.163 e. The molecule has 4 N–H and O–H groups in total. The van der Waals surface area contributed by atoms with Crippen molar-refractivity contribution in [3.05, 3.63) is 70.9 Å². The second-order valence-electron chi connectivity index (χ2n) is 7.09. The number of rotatable bonds is 4. The first-order valence-electron chi connectivity index (χ1n) is 9.20. The van der Waals surface area contributed by atoms with Crippen LogP contribution in [0, 0.1) is 0 Å². The van der Waals surface area contributed by atoms with Crippen LogP contribution in [0.5, 0.6) is 0 Å². The van der Waals surface area contributed by atoms with E-state index in [1.54, 1.807) is 16.7 Å². The van der Waals surface area contributed by atoms with Gasteiger partial charge < -0.3 is 29.8 Å². The minimum atomic E-state index is -1.48. The molecule has 0 saturated carbocycles. The Kier molecular flexibility index (Phi) is 5.58. The van der Waals surface area contributed by atoms with Crippen molar-refractivity contribution < 1.29 is 25.3 Å². The molecule has 0 amide bonds. The van der Waals surface area contributed by atoms with Crippen LogP contribution in [0.25, 0.3) is 10.9 Å². The minimum absolute atomic E-state index is 0.562. The molecule has 1 aromatic heterocycles. The van der Waals surface area contributed by atoms with Gasteiger partial charge in [-0.15, -0.1) is 0 Å². The van der Waals surface area contributed by atoms with Gasteiger partial charge in [0, 0.05) is 11.6 Å². The van der Waals surface area contributed by atoms with E-state index in [2.05, 4.69) is 5.16 Å². The number of aliphatic hydroxyl groups is 3. The Balaban J connectivity index is 1.80. The first-order chi connectivity index (χ1) is 14.0. The second-order valence-corrected chi connectivity index (χ2v) is 7.49. The van der Waals surface area contributed by atoms with Gasteiger partial charge in [-0.3, -0.25) is 0 Å². The Morgan fingerprint density at radius 2 is 1.76 bits per heavy atom. The molecule has 4 rings (SSSR count). The Morgan fingerprint density at radius 1 is 1.00 bits per heavy atom. The van der Waals surface area contributed by atoms with Gasteiger partial charge in [0.05, 0.1) is 16.8 Å². The standard InChI is InChI=1S/C21H21ClN2O5/c22-14-7-4-8-15-17(14)13(9-12-5-2-1-3-6-12)11-24(15)21-20(27)19(26)18(25)16(29-21)10-23-28/h1-8,10-11,16,18-21,25-28H,9H2/b23-10+/t16-,18-,19+,20-,21-/m1/s1. The largest absolute Gasteiger partial charge is 0.411 e. The van der Waals surface area contributed by atoms with Gasteiger partial charge >= 0.3 is 0 Å². The summed E-state index contributed by atoms with van der Waals surface area (Å²) in [5, 5.41) is 44.1. The van der Waals surface area contributed by atoms with E-state index in [1.807, 2.05) is 42.6 Å². The fourth-order valence-corrected chi connectivity index (χ4v) is 4.11. The summed E-state index contributed by atoms with van der Waals surface area (Å²) >= 11 is 6.49. The van der Waals surface area contributed by atoms with Crippen LogP contribution in [-0.2, 0) is 11.2 Å². The van der Waals surface area contributed by atoms with Gasteiger partial charge in [0.1, 0.15) is 24.4 Å². The van der Waals surface area contributed by atoms with Crippen LogP contribution in [0.15, 0.2) is 59.9 Å². The van der Waals surface area contributed by atoms with Gasteiger partial charge in [0.2, 0.25) is 0 Å². The monoisotopic (exact) mass is 416 g/mol. The average Bonchev–Trinajstić information content (AvgIpc) is 3.09. The first kappa shape index (κ1) is 19.9. The maximum atomic E-state index is 10.6. The summed E-state index contributed by atoms with van der Waals surface area (Å²) in [7, 11) is 0. The second kappa shape index (κ2) is 8.14. The normalized spacial score (nSPS) is 27.7. The summed E-state index contributed by atoms with van der Waals surface area (Å²) < 4.78 is 7.46. The molecule has 2 aromatic carbocycles. The highest BCUT2D eigenvalue weighted by molar-refractivity contribution is 6.35. The molecule has 0 aliphatic carbocycles. The van der Waals surface area contributed by atoms with Crippen LogP contribution in [0.3, 0.4) is 0 Å². The molecule has 152 valence electrons. The van der Waals surface area contributed by atoms with Crippen LogP contribution < -0.4 is 0 Å². The number of hydrogen-bond acceptors (Lipinski definition) is 6. The van der Waals surface area contributed by atoms with E-state index in [9.17, 15) is 15.3 Å². The number of aliphatic hydroxyl groups excluding tert-OH is 3. The van der Waals surface area contributed by atoms with Gasteiger partial charge in [-0.2, -0.15) is 0 Å². The molecule has 2 heterocycles. The van der Waals surface area contributed by atoms with Gasteiger partial charge in [0.15, 0.2) is 6.23 Å². The molecule has 0 spiro atoms. The molecule has 1 aliphatic heterocycles. The third-order valence-electron chi connectivity index (χ3n) is 5.24. The predicted molar refractivity (Wildman–Crippen MR) is 108 cm³/mol. The molecule has 1 saturated heterocycles. The molecule has 8 heteroatoms. The molecule has 3 aromatic rings. The number of halogens is 1. The fraction of sp³-hybridized carbons (Fsp3) is 0.286. The van der Waals surface area contributed by atoms with Crippen LogP contribution in [0.4, 0.5) is 0 Å². The third kappa shape index (κ3) is 3.63. The topological polar surface area (TPSA) is 107 Å². The van der Waals surface area contributed by atoms with Gasteiger partial charge in [-0.1, -0.05) is 53.2 Å². The summed E-state index contributed by atoms with van der Waals surface area (Å²) in [4.78, 5) is 0. The van der Waals surface area contributed by atoms with E-state index in [0.717, 1.165) is 28.2 Å². The highest BCUT2D eigenvalue weighted by Crippen LogP contribution is 2.36. The lowest BCUT2D eigenvalue weighted by molar-refractivity contribution is -0.225. The molecule has 0 unspecified atom stereocenters. The maximum Gasteiger partial charge on any atom is 0.163 e. The van der Waals surface area contributed by atoms with Gasteiger partial charge in [0.25, 0.3) is 0 Å². The van der Waals surface area contributed by atoms with E-state index < -0.39 is 30.6 Å². The fourth-order valence-electron chi connectivity index (χ4n) is 3.81. The summed E-state index contributed by atoms with van der Waals surface area (Å²) in [6, 6.07) is 15.3. The highest BCUT2D eigenvalue weighted by atomic mass is 35.5.